The molecule has 0 unspecified atom stereocenters. The van der Waals surface area contributed by atoms with Gasteiger partial charge in [0.1, 0.15) is 0 Å². The van der Waals surface area contributed by atoms with Gasteiger partial charge < -0.3 is 9.47 Å². The first-order valence-corrected chi connectivity index (χ1v) is 9.60. The molecule has 2 fully saturated rings. The maximum absolute atomic E-state index is 5.75. The van der Waals surface area contributed by atoms with Gasteiger partial charge in [0.2, 0.25) is 0 Å². The molecule has 0 aromatic heterocycles. The highest BCUT2D eigenvalue weighted by Gasteiger charge is 2.30. The number of ether oxygens (including phenoxy) is 2. The summed E-state index contributed by atoms with van der Waals surface area (Å²) in [6, 6.07) is 0. The van der Waals surface area contributed by atoms with Crippen LogP contribution in [0.3, 0.4) is 0 Å². The highest BCUT2D eigenvalue weighted by molar-refractivity contribution is 4.82. The van der Waals surface area contributed by atoms with Crippen molar-refractivity contribution in [1.29, 1.82) is 0 Å². The first-order valence-electron chi connectivity index (χ1n) is 9.60. The van der Waals surface area contributed by atoms with Gasteiger partial charge in [0, 0.05) is 19.8 Å². The van der Waals surface area contributed by atoms with Gasteiger partial charge in [-0.2, -0.15) is 0 Å². The maximum atomic E-state index is 5.75. The summed E-state index contributed by atoms with van der Waals surface area (Å²) in [6.45, 7) is 7.79. The summed E-state index contributed by atoms with van der Waals surface area (Å²) in [5.74, 6) is 3.66. The lowest BCUT2D eigenvalue weighted by atomic mass is 9.69. The molecule has 0 aliphatic heterocycles. The summed E-state index contributed by atoms with van der Waals surface area (Å²) >= 11 is 0. The van der Waals surface area contributed by atoms with Crippen molar-refractivity contribution < 1.29 is 9.47 Å². The molecule has 22 heavy (non-hydrogen) atoms. The molecule has 2 aliphatic carbocycles. The molecule has 2 nitrogen and oxygen atoms in total. The minimum atomic E-state index is 0.792. The van der Waals surface area contributed by atoms with Crippen LogP contribution in [-0.2, 0) is 9.47 Å². The molecule has 0 bridgehead atoms. The normalized spacial score (nSPS) is 33.4. The average molecular weight is 309 g/mol. The third-order valence-electron chi connectivity index (χ3n) is 5.81. The molecule has 0 aromatic rings. The van der Waals surface area contributed by atoms with Crippen LogP contribution in [0.5, 0.6) is 0 Å². The van der Waals surface area contributed by atoms with Crippen molar-refractivity contribution in [2.24, 2.45) is 23.7 Å². The van der Waals surface area contributed by atoms with E-state index in [-0.39, 0.29) is 0 Å². The summed E-state index contributed by atoms with van der Waals surface area (Å²) in [4.78, 5) is 0. The lowest BCUT2D eigenvalue weighted by Gasteiger charge is -2.37. The SMILES string of the molecule is CC=CCOCC1CCC(C2CCC(COCC)CC2)CC1. The zero-order valence-corrected chi connectivity index (χ0v) is 14.8. The van der Waals surface area contributed by atoms with Crippen LogP contribution in [0.4, 0.5) is 0 Å². The van der Waals surface area contributed by atoms with Crippen LogP contribution in [0.15, 0.2) is 12.2 Å². The maximum Gasteiger partial charge on any atom is 0.0647 e. The summed E-state index contributed by atoms with van der Waals surface area (Å²) in [6.07, 6.45) is 15.5. The van der Waals surface area contributed by atoms with Crippen molar-refractivity contribution in [3.05, 3.63) is 12.2 Å². The molecule has 0 aromatic carbocycles. The lowest BCUT2D eigenvalue weighted by Crippen LogP contribution is -2.28. The zero-order chi connectivity index (χ0) is 15.6. The van der Waals surface area contributed by atoms with Crippen molar-refractivity contribution >= 4 is 0 Å². The summed E-state index contributed by atoms with van der Waals surface area (Å²) in [5.41, 5.74) is 0. The Hall–Kier alpha value is -0.340. The predicted octanol–water partition coefficient (Wildman–Crippen LogP) is 5.23. The van der Waals surface area contributed by atoms with Gasteiger partial charge in [0.15, 0.2) is 0 Å². The minimum absolute atomic E-state index is 0.792. The van der Waals surface area contributed by atoms with Crippen LogP contribution >= 0.6 is 0 Å². The Morgan fingerprint density at radius 3 is 1.73 bits per heavy atom. The third kappa shape index (κ3) is 6.04. The summed E-state index contributed by atoms with van der Waals surface area (Å²) in [7, 11) is 0. The van der Waals surface area contributed by atoms with Crippen LogP contribution in [0.2, 0.25) is 0 Å². The van der Waals surface area contributed by atoms with Crippen molar-refractivity contribution in [2.45, 2.75) is 65.2 Å². The smallest absolute Gasteiger partial charge is 0.0647 e. The summed E-state index contributed by atoms with van der Waals surface area (Å²) in [5, 5.41) is 0. The van der Waals surface area contributed by atoms with Gasteiger partial charge in [-0.3, -0.25) is 0 Å². The van der Waals surface area contributed by atoms with E-state index in [4.69, 9.17) is 9.47 Å². The van der Waals surface area contributed by atoms with Crippen molar-refractivity contribution in [3.8, 4) is 0 Å². The molecule has 0 heterocycles. The third-order valence-corrected chi connectivity index (χ3v) is 5.81. The minimum Gasteiger partial charge on any atom is -0.381 e. The lowest BCUT2D eigenvalue weighted by molar-refractivity contribution is 0.0595. The Morgan fingerprint density at radius 2 is 1.27 bits per heavy atom. The van der Waals surface area contributed by atoms with Gasteiger partial charge in [0.05, 0.1) is 6.61 Å². The van der Waals surface area contributed by atoms with Crippen LogP contribution in [0.25, 0.3) is 0 Å². The predicted molar refractivity (Wildman–Crippen MR) is 93.0 cm³/mol. The molecule has 128 valence electrons. The van der Waals surface area contributed by atoms with Crippen LogP contribution in [-0.4, -0.2) is 26.4 Å². The van der Waals surface area contributed by atoms with E-state index < -0.39 is 0 Å². The molecule has 2 heteroatoms. The van der Waals surface area contributed by atoms with Gasteiger partial charge >= 0.3 is 0 Å². The Labute approximate surface area is 137 Å². The Morgan fingerprint density at radius 1 is 0.773 bits per heavy atom. The van der Waals surface area contributed by atoms with E-state index in [1.807, 2.05) is 0 Å². The number of rotatable bonds is 8. The molecule has 0 atom stereocenters. The van der Waals surface area contributed by atoms with E-state index in [1.165, 1.54) is 51.4 Å². The first kappa shape index (κ1) is 18.0. The van der Waals surface area contributed by atoms with E-state index >= 15 is 0 Å². The number of hydrogen-bond acceptors (Lipinski definition) is 2. The molecule has 0 radical (unpaired) electrons. The Bertz CT molecular complexity index is 297. The topological polar surface area (TPSA) is 18.5 Å². The largest absolute Gasteiger partial charge is 0.381 e. The molecule has 0 saturated heterocycles. The van der Waals surface area contributed by atoms with Gasteiger partial charge in [-0.1, -0.05) is 12.2 Å². The molecule has 2 saturated carbocycles. The fourth-order valence-electron chi connectivity index (χ4n) is 4.34. The Balaban J connectivity index is 1.59. The molecule has 0 spiro atoms. The van der Waals surface area contributed by atoms with Crippen LogP contribution in [0.1, 0.15) is 65.2 Å². The van der Waals surface area contributed by atoms with Crippen LogP contribution < -0.4 is 0 Å². The monoisotopic (exact) mass is 308 g/mol. The molecule has 0 N–H and O–H groups in total. The van der Waals surface area contributed by atoms with Gasteiger partial charge in [-0.15, -0.1) is 0 Å². The molecule has 0 amide bonds. The quantitative estimate of drug-likeness (QED) is 0.451. The van der Waals surface area contributed by atoms with E-state index in [2.05, 4.69) is 26.0 Å². The average Bonchev–Trinajstić information content (AvgIpc) is 2.58. The van der Waals surface area contributed by atoms with E-state index in [0.29, 0.717) is 0 Å². The fourth-order valence-corrected chi connectivity index (χ4v) is 4.34. The molecule has 2 rings (SSSR count). The standard InChI is InChI=1S/C20H36O2/c1-3-5-14-22-16-18-8-12-20(13-9-18)19-10-6-17(7-11-19)15-21-4-2/h3,5,17-20H,4,6-16H2,1-2H3. The highest BCUT2D eigenvalue weighted by atomic mass is 16.5. The number of hydrogen-bond donors (Lipinski definition) is 0. The van der Waals surface area contributed by atoms with E-state index in [9.17, 15) is 0 Å². The van der Waals surface area contributed by atoms with Crippen molar-refractivity contribution in [2.75, 3.05) is 26.4 Å². The second kappa shape index (κ2) is 10.4. The molecule has 2 aliphatic rings. The second-order valence-corrected chi connectivity index (χ2v) is 7.33. The fraction of sp³-hybridized carbons (Fsp3) is 0.900. The van der Waals surface area contributed by atoms with Gasteiger partial charge in [-0.05, 0) is 88.9 Å². The van der Waals surface area contributed by atoms with E-state index in [1.54, 1.807) is 0 Å². The first-order chi connectivity index (χ1) is 10.8. The van der Waals surface area contributed by atoms with Crippen molar-refractivity contribution in [1.82, 2.24) is 0 Å². The Kier molecular flexibility index (Phi) is 8.54. The summed E-state index contributed by atoms with van der Waals surface area (Å²) < 4.78 is 11.3. The van der Waals surface area contributed by atoms with Crippen LogP contribution in [0, 0.1) is 23.7 Å². The van der Waals surface area contributed by atoms with E-state index in [0.717, 1.165) is 50.1 Å². The molecular formula is C20H36O2. The van der Waals surface area contributed by atoms with Gasteiger partial charge in [-0.25, -0.2) is 0 Å². The highest BCUT2D eigenvalue weighted by Crippen LogP contribution is 2.41. The molecular weight excluding hydrogens is 272 g/mol. The zero-order valence-electron chi connectivity index (χ0n) is 14.8. The number of allylic oxidation sites excluding steroid dienone is 1. The van der Waals surface area contributed by atoms with Crippen molar-refractivity contribution in [3.63, 3.8) is 0 Å². The van der Waals surface area contributed by atoms with Gasteiger partial charge in [0.25, 0.3) is 0 Å². The second-order valence-electron chi connectivity index (χ2n) is 7.33.